The minimum Gasteiger partial charge on any atom is -0.465 e. The molecule has 0 radical (unpaired) electrons. The van der Waals surface area contributed by atoms with Crippen molar-refractivity contribution < 1.29 is 51.5 Å². The highest BCUT2D eigenvalue weighted by atomic mass is 32.3. The Kier molecular flexibility index (Phi) is 6.67. The summed E-state index contributed by atoms with van der Waals surface area (Å²) in [6.45, 7) is 0.238. The van der Waals surface area contributed by atoms with E-state index in [9.17, 15) is 27.6 Å². The van der Waals surface area contributed by atoms with Crippen LogP contribution in [0, 0.1) is 0 Å². The fourth-order valence-electron chi connectivity index (χ4n) is 3.69. The van der Waals surface area contributed by atoms with Crippen molar-refractivity contribution in [3.63, 3.8) is 0 Å². The molecule has 2 bridgehead atoms. The Morgan fingerprint density at radius 3 is 2.47 bits per heavy atom. The molecular weight excluding hydrogens is 460 g/mol. The zero-order valence-electron chi connectivity index (χ0n) is 16.3. The highest BCUT2D eigenvalue weighted by Gasteiger charge is 2.49. The van der Waals surface area contributed by atoms with E-state index < -0.39 is 58.7 Å². The van der Waals surface area contributed by atoms with Crippen molar-refractivity contribution in [1.82, 2.24) is 25.7 Å². The third-order valence-corrected chi connectivity index (χ3v) is 5.34. The number of piperidine rings is 1. The molecule has 5 amide bonds. The Morgan fingerprint density at radius 2 is 1.84 bits per heavy atom. The molecular formula is C14H20N6O11S. The van der Waals surface area contributed by atoms with Crippen LogP contribution < -0.4 is 10.8 Å². The summed E-state index contributed by atoms with van der Waals surface area (Å²) in [5.74, 6) is -1.07. The minimum absolute atomic E-state index is 0.0134. The molecule has 0 aromatic heterocycles. The molecule has 5 N–H and O–H groups in total. The number of likely N-dealkylation sites (tertiary alicyclic amines) is 1. The van der Waals surface area contributed by atoms with Gasteiger partial charge in [-0.3, -0.25) is 19.5 Å². The van der Waals surface area contributed by atoms with E-state index in [4.69, 9.17) is 19.6 Å². The van der Waals surface area contributed by atoms with E-state index in [0.717, 1.165) is 4.90 Å². The monoisotopic (exact) mass is 480 g/mol. The summed E-state index contributed by atoms with van der Waals surface area (Å²) < 4.78 is 34.9. The third kappa shape index (κ3) is 5.52. The number of carboxylic acid groups (broad SMARTS) is 2. The molecule has 178 valence electrons. The zero-order chi connectivity index (χ0) is 23.6. The van der Waals surface area contributed by atoms with Crippen LogP contribution in [0.3, 0.4) is 0 Å². The van der Waals surface area contributed by atoms with Gasteiger partial charge in [0.1, 0.15) is 12.1 Å². The maximum atomic E-state index is 12.5. The number of rotatable bonds is 5. The van der Waals surface area contributed by atoms with Crippen molar-refractivity contribution >= 4 is 40.5 Å². The summed E-state index contributed by atoms with van der Waals surface area (Å²) in [5, 5.41) is 20.0. The standard InChI is InChI=1S/C14H20N6O11S/c21-10(9-2-1-7-5-19(9)14(26)20(7)31-32(27,28)29)17-30-8-3-4-18(6-8)11(15-12(22)23)16-13(24)25/h7-9H,1-6H2,(H,15,16)(H,17,21)(H,22,23)(H,24,25)(H,27,28,29)/t7-,8+,9+/m1/s1. The van der Waals surface area contributed by atoms with E-state index in [1.54, 1.807) is 0 Å². The smallest absolute Gasteiger partial charge is 0.434 e. The van der Waals surface area contributed by atoms with Gasteiger partial charge in [0.05, 0.1) is 6.04 Å². The summed E-state index contributed by atoms with van der Waals surface area (Å²) in [4.78, 5) is 57.4. The number of nitrogens with one attached hydrogen (secondary N) is 2. The third-order valence-electron chi connectivity index (χ3n) is 4.99. The Bertz CT molecular complexity index is 939. The number of aliphatic imine (C=N–C) groups is 1. The van der Waals surface area contributed by atoms with E-state index in [2.05, 4.69) is 14.8 Å². The summed E-state index contributed by atoms with van der Waals surface area (Å²) in [5.41, 5.74) is 2.22. The number of amides is 5. The first kappa shape index (κ1) is 23.4. The summed E-state index contributed by atoms with van der Waals surface area (Å²) in [7, 11) is -4.91. The average molecular weight is 480 g/mol. The van der Waals surface area contributed by atoms with E-state index >= 15 is 0 Å². The lowest BCUT2D eigenvalue weighted by Crippen LogP contribution is -2.50. The summed E-state index contributed by atoms with van der Waals surface area (Å²) >= 11 is 0. The molecule has 0 aromatic rings. The van der Waals surface area contributed by atoms with Gasteiger partial charge in [-0.1, -0.05) is 0 Å². The van der Waals surface area contributed by atoms with Crippen molar-refractivity contribution in [3.8, 4) is 0 Å². The van der Waals surface area contributed by atoms with Crippen molar-refractivity contribution in [2.75, 3.05) is 19.6 Å². The number of carbonyl (C=O) groups is 4. The number of fused-ring (bicyclic) bond motifs is 2. The maximum Gasteiger partial charge on any atom is 0.434 e. The average Bonchev–Trinajstić information content (AvgIpc) is 3.24. The first-order valence-corrected chi connectivity index (χ1v) is 10.6. The van der Waals surface area contributed by atoms with Crippen LogP contribution >= 0.6 is 0 Å². The van der Waals surface area contributed by atoms with Crippen LogP contribution in [0.5, 0.6) is 0 Å². The van der Waals surface area contributed by atoms with Crippen LogP contribution in [0.1, 0.15) is 19.3 Å². The molecule has 3 aliphatic heterocycles. The zero-order valence-corrected chi connectivity index (χ0v) is 17.1. The molecule has 3 atom stereocenters. The second-order valence-corrected chi connectivity index (χ2v) is 8.10. The van der Waals surface area contributed by atoms with Crippen LogP contribution in [0.25, 0.3) is 0 Å². The van der Waals surface area contributed by atoms with Gasteiger partial charge in [0, 0.05) is 19.6 Å². The Balaban J connectivity index is 1.54. The number of guanidine groups is 1. The van der Waals surface area contributed by atoms with Gasteiger partial charge in [0.15, 0.2) is 0 Å². The molecule has 3 aliphatic rings. The fourth-order valence-corrected chi connectivity index (χ4v) is 4.08. The predicted molar refractivity (Wildman–Crippen MR) is 99.2 cm³/mol. The number of nitrogens with zero attached hydrogens (tertiary/aromatic N) is 4. The van der Waals surface area contributed by atoms with Gasteiger partial charge in [-0.25, -0.2) is 19.9 Å². The molecule has 0 aromatic carbocycles. The maximum absolute atomic E-state index is 12.5. The predicted octanol–water partition coefficient (Wildman–Crippen LogP) is -1.59. The SMILES string of the molecule is O=C(O)N=C(NC(=O)O)N1CC[C@H](ONC(=O)[C@@H]2CC[C@@H]3CN2C(=O)N3OS(=O)(=O)O)C1. The molecule has 17 nitrogen and oxygen atoms in total. The number of hydrogen-bond acceptors (Lipinski definition) is 8. The van der Waals surface area contributed by atoms with Crippen LogP contribution in [0.15, 0.2) is 4.99 Å². The first-order valence-electron chi connectivity index (χ1n) is 9.23. The molecule has 3 saturated heterocycles. The lowest BCUT2D eigenvalue weighted by atomic mass is 10.0. The van der Waals surface area contributed by atoms with E-state index in [1.807, 2.05) is 5.32 Å². The second kappa shape index (κ2) is 9.10. The highest BCUT2D eigenvalue weighted by molar-refractivity contribution is 7.80. The van der Waals surface area contributed by atoms with Gasteiger partial charge in [0.2, 0.25) is 5.96 Å². The van der Waals surface area contributed by atoms with Crippen LogP contribution in [0.4, 0.5) is 14.4 Å². The molecule has 3 fully saturated rings. The Labute approximate surface area is 180 Å². The summed E-state index contributed by atoms with van der Waals surface area (Å²) in [6.07, 6.45) is -2.98. The van der Waals surface area contributed by atoms with E-state index in [-0.39, 0.29) is 32.5 Å². The normalized spacial score (nSPS) is 25.8. The van der Waals surface area contributed by atoms with Crippen LogP contribution in [-0.2, 0) is 24.3 Å². The van der Waals surface area contributed by atoms with Gasteiger partial charge < -0.3 is 20.0 Å². The lowest BCUT2D eigenvalue weighted by Gasteiger charge is -2.29. The second-order valence-electron chi connectivity index (χ2n) is 7.10. The molecule has 0 saturated carbocycles. The first-order chi connectivity index (χ1) is 14.9. The number of hydrogen-bond donors (Lipinski definition) is 5. The minimum atomic E-state index is -4.91. The van der Waals surface area contributed by atoms with Gasteiger partial charge in [-0.2, -0.15) is 13.5 Å². The van der Waals surface area contributed by atoms with Crippen LogP contribution in [0.2, 0.25) is 0 Å². The van der Waals surface area contributed by atoms with Gasteiger partial charge in [0.25, 0.3) is 5.91 Å². The number of carbonyl (C=O) groups excluding carboxylic acids is 2. The quantitative estimate of drug-likeness (QED) is 0.130. The largest absolute Gasteiger partial charge is 0.465 e. The van der Waals surface area contributed by atoms with Crippen molar-refractivity contribution in [2.24, 2.45) is 4.99 Å². The summed E-state index contributed by atoms with van der Waals surface area (Å²) in [6, 6.07) is -2.51. The molecule has 3 heterocycles. The van der Waals surface area contributed by atoms with E-state index in [0.29, 0.717) is 11.5 Å². The number of hydroxylamine groups is 3. The van der Waals surface area contributed by atoms with Crippen molar-refractivity contribution in [2.45, 2.75) is 37.5 Å². The topological polar surface area (TPSA) is 228 Å². The lowest BCUT2D eigenvalue weighted by molar-refractivity contribution is -0.143. The molecule has 0 spiro atoms. The molecule has 0 unspecified atom stereocenters. The molecule has 18 heteroatoms. The molecule has 0 aliphatic carbocycles. The Morgan fingerprint density at radius 1 is 1.12 bits per heavy atom. The van der Waals surface area contributed by atoms with Gasteiger partial charge in [-0.05, 0) is 19.3 Å². The highest BCUT2D eigenvalue weighted by Crippen LogP contribution is 2.30. The molecule has 32 heavy (non-hydrogen) atoms. The van der Waals surface area contributed by atoms with Gasteiger partial charge in [-0.15, -0.1) is 9.28 Å². The van der Waals surface area contributed by atoms with E-state index in [1.165, 1.54) is 4.90 Å². The molecule has 3 rings (SSSR count). The Hall–Kier alpha value is -3.22. The number of urea groups is 1. The van der Waals surface area contributed by atoms with Gasteiger partial charge >= 0.3 is 28.6 Å². The van der Waals surface area contributed by atoms with Crippen molar-refractivity contribution in [1.29, 1.82) is 0 Å². The van der Waals surface area contributed by atoms with Crippen molar-refractivity contribution in [3.05, 3.63) is 0 Å². The fraction of sp³-hybridized carbons (Fsp3) is 0.643. The van der Waals surface area contributed by atoms with Crippen LogP contribution in [-0.4, -0.2) is 106 Å².